The second-order valence-electron chi connectivity index (χ2n) is 4.52. The summed E-state index contributed by atoms with van der Waals surface area (Å²) >= 11 is 0. The van der Waals surface area contributed by atoms with E-state index in [1.54, 1.807) is 38.0 Å². The van der Waals surface area contributed by atoms with E-state index < -0.39 is 0 Å². The minimum absolute atomic E-state index is 0.328. The van der Waals surface area contributed by atoms with Gasteiger partial charge in [-0.05, 0) is 32.0 Å². The lowest BCUT2D eigenvalue weighted by Gasteiger charge is -2.08. The summed E-state index contributed by atoms with van der Waals surface area (Å²) in [5.74, 6) is 0.951. The molecule has 0 N–H and O–H groups in total. The van der Waals surface area contributed by atoms with Crippen LogP contribution in [0.3, 0.4) is 0 Å². The average molecular weight is 304 g/mol. The average Bonchev–Trinajstić information content (AvgIpc) is 2.98. The molecule has 0 saturated carbocycles. The molecule has 0 aliphatic rings. The van der Waals surface area contributed by atoms with Crippen molar-refractivity contribution in [3.63, 3.8) is 0 Å². The summed E-state index contributed by atoms with van der Waals surface area (Å²) in [6, 6.07) is 7.18. The molecule has 0 unspecified atom stereocenters. The molecule has 1 aromatic heterocycles. The van der Waals surface area contributed by atoms with Crippen LogP contribution in [0.1, 0.15) is 24.3 Å². The number of hydrogen-bond acceptors (Lipinski definition) is 5. The molecule has 22 heavy (non-hydrogen) atoms. The SMILES string of the molecule is CCOC(=O)c1cc(-c2ccc(OC)cc2OC)nn1CC. The number of carbonyl (C=O) groups is 1. The number of rotatable bonds is 6. The second-order valence-corrected chi connectivity index (χ2v) is 4.52. The molecule has 0 fully saturated rings. The van der Waals surface area contributed by atoms with E-state index >= 15 is 0 Å². The zero-order valence-electron chi connectivity index (χ0n) is 13.3. The number of hydrogen-bond donors (Lipinski definition) is 0. The van der Waals surface area contributed by atoms with Crippen molar-refractivity contribution in [3.05, 3.63) is 30.0 Å². The number of aryl methyl sites for hydroxylation is 1. The summed E-state index contributed by atoms with van der Waals surface area (Å²) in [6.07, 6.45) is 0. The Morgan fingerprint density at radius 1 is 1.18 bits per heavy atom. The van der Waals surface area contributed by atoms with E-state index in [-0.39, 0.29) is 5.97 Å². The third-order valence-electron chi connectivity index (χ3n) is 3.25. The van der Waals surface area contributed by atoms with Gasteiger partial charge in [-0.25, -0.2) is 4.79 Å². The minimum atomic E-state index is -0.379. The predicted molar refractivity (Wildman–Crippen MR) is 82.4 cm³/mol. The highest BCUT2D eigenvalue weighted by Gasteiger charge is 2.18. The molecule has 0 saturated heterocycles. The first-order valence-corrected chi connectivity index (χ1v) is 7.11. The van der Waals surface area contributed by atoms with Gasteiger partial charge in [0.25, 0.3) is 0 Å². The zero-order chi connectivity index (χ0) is 16.1. The molecule has 0 spiro atoms. The predicted octanol–water partition coefficient (Wildman–Crippen LogP) is 2.76. The molecule has 118 valence electrons. The van der Waals surface area contributed by atoms with Gasteiger partial charge in [-0.15, -0.1) is 0 Å². The van der Waals surface area contributed by atoms with Crippen LogP contribution in [0.4, 0.5) is 0 Å². The summed E-state index contributed by atoms with van der Waals surface area (Å²) in [5, 5.41) is 4.46. The number of methoxy groups -OCH3 is 2. The van der Waals surface area contributed by atoms with Crippen LogP contribution in [-0.2, 0) is 11.3 Å². The molecular formula is C16H20N2O4. The Balaban J connectivity index is 2.47. The van der Waals surface area contributed by atoms with Gasteiger partial charge in [0.15, 0.2) is 0 Å². The molecule has 0 aliphatic heterocycles. The summed E-state index contributed by atoms with van der Waals surface area (Å²) in [6.45, 7) is 4.60. The topological polar surface area (TPSA) is 62.6 Å². The molecule has 0 amide bonds. The van der Waals surface area contributed by atoms with Crippen molar-refractivity contribution in [1.29, 1.82) is 0 Å². The van der Waals surface area contributed by atoms with Crippen LogP contribution in [0.15, 0.2) is 24.3 Å². The molecule has 1 heterocycles. The molecule has 0 atom stereocenters. The number of aromatic nitrogens is 2. The fourth-order valence-corrected chi connectivity index (χ4v) is 2.17. The standard InChI is InChI=1S/C16H20N2O4/c1-5-18-14(16(19)22-6-2)10-13(17-18)12-8-7-11(20-3)9-15(12)21-4/h7-10H,5-6H2,1-4H3. The number of benzene rings is 1. The Kier molecular flexibility index (Phi) is 5.04. The van der Waals surface area contributed by atoms with Crippen LogP contribution in [0, 0.1) is 0 Å². The third kappa shape index (κ3) is 3.05. The first kappa shape index (κ1) is 15.9. The number of ether oxygens (including phenoxy) is 3. The van der Waals surface area contributed by atoms with Gasteiger partial charge in [0, 0.05) is 18.2 Å². The highest BCUT2D eigenvalue weighted by Crippen LogP contribution is 2.33. The van der Waals surface area contributed by atoms with Gasteiger partial charge in [0.2, 0.25) is 0 Å². The number of carbonyl (C=O) groups excluding carboxylic acids is 1. The summed E-state index contributed by atoms with van der Waals surface area (Å²) in [7, 11) is 3.18. The molecule has 6 nitrogen and oxygen atoms in total. The van der Waals surface area contributed by atoms with Crippen molar-refractivity contribution in [3.8, 4) is 22.8 Å². The molecule has 1 aromatic carbocycles. The Morgan fingerprint density at radius 3 is 2.55 bits per heavy atom. The molecule has 0 radical (unpaired) electrons. The Labute approximate surface area is 129 Å². The summed E-state index contributed by atoms with van der Waals surface area (Å²) in [5.41, 5.74) is 1.88. The lowest BCUT2D eigenvalue weighted by atomic mass is 10.1. The fraction of sp³-hybridized carbons (Fsp3) is 0.375. The van der Waals surface area contributed by atoms with E-state index in [1.165, 1.54) is 0 Å². The maximum Gasteiger partial charge on any atom is 0.356 e. The van der Waals surface area contributed by atoms with Gasteiger partial charge in [-0.1, -0.05) is 0 Å². The van der Waals surface area contributed by atoms with Crippen molar-refractivity contribution < 1.29 is 19.0 Å². The highest BCUT2D eigenvalue weighted by atomic mass is 16.5. The summed E-state index contributed by atoms with van der Waals surface area (Å²) in [4.78, 5) is 12.0. The molecule has 2 aromatic rings. The quantitative estimate of drug-likeness (QED) is 0.768. The Morgan fingerprint density at radius 2 is 1.95 bits per heavy atom. The molecular weight excluding hydrogens is 284 g/mol. The van der Waals surface area contributed by atoms with Gasteiger partial charge in [0.1, 0.15) is 17.2 Å². The third-order valence-corrected chi connectivity index (χ3v) is 3.25. The van der Waals surface area contributed by atoms with Gasteiger partial charge in [0.05, 0.1) is 26.5 Å². The smallest absolute Gasteiger partial charge is 0.356 e. The van der Waals surface area contributed by atoms with Crippen LogP contribution >= 0.6 is 0 Å². The first-order valence-electron chi connectivity index (χ1n) is 7.11. The van der Waals surface area contributed by atoms with E-state index in [1.807, 2.05) is 19.1 Å². The van der Waals surface area contributed by atoms with Crippen molar-refractivity contribution >= 4 is 5.97 Å². The molecule has 0 aliphatic carbocycles. The molecule has 6 heteroatoms. The lowest BCUT2D eigenvalue weighted by molar-refractivity contribution is 0.0512. The van der Waals surface area contributed by atoms with E-state index in [2.05, 4.69) is 5.10 Å². The maximum absolute atomic E-state index is 12.0. The van der Waals surface area contributed by atoms with Crippen LogP contribution in [0.5, 0.6) is 11.5 Å². The van der Waals surface area contributed by atoms with Crippen molar-refractivity contribution in [2.24, 2.45) is 0 Å². The fourth-order valence-electron chi connectivity index (χ4n) is 2.17. The molecule has 2 rings (SSSR count). The second kappa shape index (κ2) is 6.98. The van der Waals surface area contributed by atoms with Gasteiger partial charge in [-0.3, -0.25) is 4.68 Å². The lowest BCUT2D eigenvalue weighted by Crippen LogP contribution is -2.12. The maximum atomic E-state index is 12.0. The van der Waals surface area contributed by atoms with Crippen molar-refractivity contribution in [1.82, 2.24) is 9.78 Å². The summed E-state index contributed by atoms with van der Waals surface area (Å²) < 4.78 is 17.3. The van der Waals surface area contributed by atoms with Gasteiger partial charge >= 0.3 is 5.97 Å². The van der Waals surface area contributed by atoms with Crippen LogP contribution < -0.4 is 9.47 Å². The largest absolute Gasteiger partial charge is 0.497 e. The molecule has 0 bridgehead atoms. The highest BCUT2D eigenvalue weighted by molar-refractivity contribution is 5.89. The van der Waals surface area contributed by atoms with Gasteiger partial charge < -0.3 is 14.2 Å². The number of esters is 1. The van der Waals surface area contributed by atoms with Crippen LogP contribution in [0.2, 0.25) is 0 Å². The monoisotopic (exact) mass is 304 g/mol. The van der Waals surface area contributed by atoms with Crippen LogP contribution in [-0.4, -0.2) is 36.6 Å². The normalized spacial score (nSPS) is 10.4. The van der Waals surface area contributed by atoms with E-state index in [0.717, 1.165) is 5.56 Å². The van der Waals surface area contributed by atoms with Crippen molar-refractivity contribution in [2.45, 2.75) is 20.4 Å². The van der Waals surface area contributed by atoms with Crippen molar-refractivity contribution in [2.75, 3.05) is 20.8 Å². The number of nitrogens with zero attached hydrogens (tertiary/aromatic N) is 2. The van der Waals surface area contributed by atoms with Crippen LogP contribution in [0.25, 0.3) is 11.3 Å². The zero-order valence-corrected chi connectivity index (χ0v) is 13.3. The Bertz CT molecular complexity index is 664. The first-order chi connectivity index (χ1) is 10.6. The van der Waals surface area contributed by atoms with Gasteiger partial charge in [-0.2, -0.15) is 5.10 Å². The van der Waals surface area contributed by atoms with E-state index in [9.17, 15) is 4.79 Å². The minimum Gasteiger partial charge on any atom is -0.497 e. The Hall–Kier alpha value is -2.50. The van der Waals surface area contributed by atoms with E-state index in [0.29, 0.717) is 36.0 Å². The van der Waals surface area contributed by atoms with E-state index in [4.69, 9.17) is 14.2 Å².